The molecule has 9 heteroatoms. The third-order valence-corrected chi connectivity index (χ3v) is 11.6. The van der Waals surface area contributed by atoms with Gasteiger partial charge >= 0.3 is 0 Å². The number of allylic oxidation sites excluding steroid dienone is 1. The van der Waals surface area contributed by atoms with Gasteiger partial charge in [-0.1, -0.05) is 195 Å². The first-order valence-electron chi connectivity index (χ1n) is 23.1. The molecule has 1 aliphatic heterocycles. The lowest BCUT2D eigenvalue weighted by molar-refractivity contribution is -0.318. The number of hydrogen-bond donors (Lipinski definition) is 0. The van der Waals surface area contributed by atoms with Gasteiger partial charge in [0, 0.05) is 13.5 Å². The molecule has 8 atom stereocenters. The fourth-order valence-corrected chi connectivity index (χ4v) is 8.05. The van der Waals surface area contributed by atoms with E-state index in [1.165, 1.54) is 0 Å². The first-order valence-corrected chi connectivity index (χ1v) is 23.1. The SMILES string of the molecule is C=C[C@@H](OCc1ccccc1)[C@H](OCc1ccccc1)[C@@H](COCc1ccccc1)OC(=C)CC[C@H]1O[C@H](OC)[C@@H](OCc2ccccc2)[C@@H](OCc2ccccc2)[C@@H]1OCc1ccccc1. The Labute approximate surface area is 396 Å². The topological polar surface area (TPSA) is 83.1 Å². The van der Waals surface area contributed by atoms with Gasteiger partial charge in [0.05, 0.1) is 58.1 Å². The van der Waals surface area contributed by atoms with Crippen molar-refractivity contribution in [2.24, 2.45) is 0 Å². The Hall–Kier alpha value is -5.72. The van der Waals surface area contributed by atoms with Crippen LogP contribution in [0.2, 0.25) is 0 Å². The molecule has 7 rings (SSSR count). The highest BCUT2D eigenvalue weighted by Crippen LogP contribution is 2.34. The van der Waals surface area contributed by atoms with Gasteiger partial charge in [0.15, 0.2) is 12.4 Å². The van der Waals surface area contributed by atoms with E-state index in [9.17, 15) is 0 Å². The Morgan fingerprint density at radius 2 is 0.925 bits per heavy atom. The van der Waals surface area contributed by atoms with Crippen LogP contribution in [0.15, 0.2) is 207 Å². The molecule has 6 aromatic rings. The minimum absolute atomic E-state index is 0.191. The monoisotopic (exact) mass is 904 g/mol. The maximum atomic E-state index is 6.87. The molecule has 0 aromatic heterocycles. The zero-order valence-corrected chi connectivity index (χ0v) is 38.5. The molecule has 0 unspecified atom stereocenters. The molecule has 0 saturated carbocycles. The quantitative estimate of drug-likeness (QED) is 0.0353. The zero-order chi connectivity index (χ0) is 46.3. The van der Waals surface area contributed by atoms with Crippen molar-refractivity contribution < 1.29 is 42.6 Å². The molecular weight excluding hydrogens is 841 g/mol. The Morgan fingerprint density at radius 3 is 1.37 bits per heavy atom. The fourth-order valence-electron chi connectivity index (χ4n) is 8.05. The van der Waals surface area contributed by atoms with E-state index in [0.29, 0.717) is 58.2 Å². The van der Waals surface area contributed by atoms with Crippen molar-refractivity contribution in [2.75, 3.05) is 13.7 Å². The first-order chi connectivity index (χ1) is 33.1. The van der Waals surface area contributed by atoms with E-state index in [1.807, 2.05) is 182 Å². The molecule has 0 radical (unpaired) electrons. The van der Waals surface area contributed by atoms with Crippen molar-refractivity contribution in [1.29, 1.82) is 0 Å². The predicted molar refractivity (Wildman–Crippen MR) is 260 cm³/mol. The summed E-state index contributed by atoms with van der Waals surface area (Å²) in [6.45, 7) is 10.9. The Balaban J connectivity index is 1.13. The van der Waals surface area contributed by atoms with Crippen LogP contribution < -0.4 is 0 Å². The smallest absolute Gasteiger partial charge is 0.186 e. The highest BCUT2D eigenvalue weighted by atomic mass is 16.7. The van der Waals surface area contributed by atoms with Gasteiger partial charge in [-0.05, 0) is 39.8 Å². The van der Waals surface area contributed by atoms with Crippen molar-refractivity contribution in [3.63, 3.8) is 0 Å². The summed E-state index contributed by atoms with van der Waals surface area (Å²) in [5.74, 6) is 0.524. The van der Waals surface area contributed by atoms with Crippen LogP contribution in [0.4, 0.5) is 0 Å². The van der Waals surface area contributed by atoms with E-state index < -0.39 is 49.0 Å². The van der Waals surface area contributed by atoms with Crippen molar-refractivity contribution in [3.05, 3.63) is 240 Å². The summed E-state index contributed by atoms with van der Waals surface area (Å²) < 4.78 is 59.9. The standard InChI is InChI=1S/C58H64O9/c1-4-51(61-38-46-25-13-6-14-26-46)54(62-39-47-27-15-7-16-28-47)53(43-60-37-45-23-11-5-12-24-45)66-44(2)35-36-52-55(63-40-48-29-17-8-18-30-48)56(64-41-49-31-19-9-20-32-49)57(58(59-3)67-52)65-42-50-33-21-10-22-34-50/h4-34,51-58H,1-2,35-43H2,3H3/t51-,52-,53-,54+,55-,56+,57+,58+/m1/s1. The minimum Gasteiger partial charge on any atom is -0.490 e. The second kappa shape index (κ2) is 27.2. The van der Waals surface area contributed by atoms with Gasteiger partial charge in [-0.25, -0.2) is 0 Å². The first kappa shape index (κ1) is 49.2. The van der Waals surface area contributed by atoms with Crippen LogP contribution >= 0.6 is 0 Å². The van der Waals surface area contributed by atoms with Gasteiger partial charge in [0.1, 0.15) is 30.5 Å². The number of ether oxygens (including phenoxy) is 9. The van der Waals surface area contributed by atoms with E-state index in [2.05, 4.69) is 13.2 Å². The second-order valence-electron chi connectivity index (χ2n) is 16.6. The molecule has 0 aliphatic carbocycles. The van der Waals surface area contributed by atoms with Crippen LogP contribution in [-0.4, -0.2) is 62.7 Å². The maximum absolute atomic E-state index is 6.87. The van der Waals surface area contributed by atoms with E-state index in [0.717, 1.165) is 33.4 Å². The van der Waals surface area contributed by atoms with E-state index in [-0.39, 0.29) is 6.61 Å². The molecule has 9 nitrogen and oxygen atoms in total. The van der Waals surface area contributed by atoms with Gasteiger partial charge in [-0.2, -0.15) is 0 Å². The molecule has 0 spiro atoms. The lowest BCUT2D eigenvalue weighted by Crippen LogP contribution is -2.60. The summed E-state index contributed by atoms with van der Waals surface area (Å²) in [5.41, 5.74) is 6.16. The third kappa shape index (κ3) is 15.7. The maximum Gasteiger partial charge on any atom is 0.186 e. The number of hydrogen-bond acceptors (Lipinski definition) is 9. The highest BCUT2D eigenvalue weighted by Gasteiger charge is 2.48. The average Bonchev–Trinajstić information content (AvgIpc) is 3.38. The Bertz CT molecular complexity index is 2260. The molecule has 1 aliphatic rings. The largest absolute Gasteiger partial charge is 0.490 e. The lowest BCUT2D eigenvalue weighted by atomic mass is 9.94. The molecule has 67 heavy (non-hydrogen) atoms. The molecule has 0 bridgehead atoms. The summed E-state index contributed by atoms with van der Waals surface area (Å²) in [6.07, 6.45) is -2.18. The highest BCUT2D eigenvalue weighted by molar-refractivity contribution is 5.18. The second-order valence-corrected chi connectivity index (χ2v) is 16.6. The van der Waals surface area contributed by atoms with Crippen LogP contribution in [0.25, 0.3) is 0 Å². The van der Waals surface area contributed by atoms with Crippen molar-refractivity contribution in [2.45, 2.75) is 102 Å². The molecule has 350 valence electrons. The van der Waals surface area contributed by atoms with Crippen LogP contribution in [0.5, 0.6) is 0 Å². The average molecular weight is 905 g/mol. The van der Waals surface area contributed by atoms with Gasteiger partial charge in [0.25, 0.3) is 0 Å². The minimum atomic E-state index is -0.759. The molecule has 0 N–H and O–H groups in total. The lowest BCUT2D eigenvalue weighted by Gasteiger charge is -2.46. The summed E-state index contributed by atoms with van der Waals surface area (Å²) in [4.78, 5) is 0. The number of rotatable bonds is 28. The van der Waals surface area contributed by atoms with Gasteiger partial charge in [-0.15, -0.1) is 6.58 Å². The van der Waals surface area contributed by atoms with E-state index in [1.54, 1.807) is 13.2 Å². The zero-order valence-electron chi connectivity index (χ0n) is 38.5. The van der Waals surface area contributed by atoms with E-state index in [4.69, 9.17) is 42.6 Å². The van der Waals surface area contributed by atoms with Crippen molar-refractivity contribution in [1.82, 2.24) is 0 Å². The predicted octanol–water partition coefficient (Wildman–Crippen LogP) is 11.4. The number of benzene rings is 6. The molecule has 1 heterocycles. The van der Waals surface area contributed by atoms with Crippen LogP contribution in [0.3, 0.4) is 0 Å². The summed E-state index contributed by atoms with van der Waals surface area (Å²) in [7, 11) is 1.63. The number of methoxy groups -OCH3 is 1. The summed E-state index contributed by atoms with van der Waals surface area (Å²) in [6, 6.07) is 60.4. The van der Waals surface area contributed by atoms with Crippen LogP contribution in [0, 0.1) is 0 Å². The fraction of sp³-hybridized carbons (Fsp3) is 0.310. The van der Waals surface area contributed by atoms with Gasteiger partial charge < -0.3 is 42.6 Å². The molecular formula is C58H64O9. The van der Waals surface area contributed by atoms with Crippen molar-refractivity contribution >= 4 is 0 Å². The molecule has 1 fully saturated rings. The molecule has 0 amide bonds. The van der Waals surface area contributed by atoms with Crippen LogP contribution in [0.1, 0.15) is 46.2 Å². The Kier molecular flexibility index (Phi) is 20.0. The summed E-state index contributed by atoms with van der Waals surface area (Å²) in [5, 5.41) is 0. The van der Waals surface area contributed by atoms with Gasteiger partial charge in [-0.3, -0.25) is 0 Å². The molecule has 6 aromatic carbocycles. The van der Waals surface area contributed by atoms with Gasteiger partial charge in [0.2, 0.25) is 0 Å². The van der Waals surface area contributed by atoms with Crippen molar-refractivity contribution in [3.8, 4) is 0 Å². The third-order valence-electron chi connectivity index (χ3n) is 11.6. The summed E-state index contributed by atoms with van der Waals surface area (Å²) >= 11 is 0. The van der Waals surface area contributed by atoms with Crippen LogP contribution in [-0.2, 0) is 82.3 Å². The normalized spacial score (nSPS) is 19.5. The Morgan fingerprint density at radius 1 is 0.522 bits per heavy atom. The molecule has 1 saturated heterocycles. The van der Waals surface area contributed by atoms with E-state index >= 15 is 0 Å².